The van der Waals surface area contributed by atoms with Gasteiger partial charge < -0.3 is 10.6 Å². The molecule has 0 unspecified atom stereocenters. The van der Waals surface area contributed by atoms with E-state index in [1.165, 1.54) is 11.1 Å². The average molecular weight is 276 g/mol. The summed E-state index contributed by atoms with van der Waals surface area (Å²) >= 11 is 5.93. The van der Waals surface area contributed by atoms with Gasteiger partial charge in [0, 0.05) is 0 Å². The van der Waals surface area contributed by atoms with Crippen LogP contribution < -0.4 is 10.6 Å². The fourth-order valence-corrected chi connectivity index (χ4v) is 1.89. The third kappa shape index (κ3) is 2.30. The predicted molar refractivity (Wildman–Crippen MR) is 71.5 cm³/mol. The highest BCUT2D eigenvalue weighted by Crippen LogP contribution is 2.18. The molecule has 0 saturated carbocycles. The zero-order valence-electron chi connectivity index (χ0n) is 9.82. The van der Waals surface area contributed by atoms with E-state index in [4.69, 9.17) is 22.2 Å². The molecule has 7 heteroatoms. The van der Waals surface area contributed by atoms with Crippen LogP contribution in [0.2, 0.25) is 5.15 Å². The second-order valence-electron chi connectivity index (χ2n) is 3.87. The van der Waals surface area contributed by atoms with Crippen LogP contribution in [0.5, 0.6) is 0 Å². The normalized spacial score (nSPS) is 10.8. The van der Waals surface area contributed by atoms with Crippen LogP contribution in [0.3, 0.4) is 0 Å². The first-order valence-electron chi connectivity index (χ1n) is 5.57. The maximum atomic E-state index is 5.93. The van der Waals surface area contributed by atoms with Crippen LogP contribution in [-0.2, 0) is 6.61 Å². The predicted octanol–water partition coefficient (Wildman–Crippen LogP) is 1.69. The van der Waals surface area contributed by atoms with Crippen LogP contribution in [0.15, 0.2) is 36.7 Å². The minimum absolute atomic E-state index is 0.0857. The molecule has 0 amide bonds. The minimum Gasteiger partial charge on any atom is -0.406 e. The smallest absolute Gasteiger partial charge is 0.223 e. The molecular formula is C12H10ClN5O. The van der Waals surface area contributed by atoms with E-state index < -0.39 is 0 Å². The Hall–Kier alpha value is -2.34. The fraction of sp³-hybridized carbons (Fsp3) is 0.0833. The Bertz CT molecular complexity index is 713. The molecule has 3 rings (SSSR count). The molecule has 2 heterocycles. The number of rotatable bonds is 3. The van der Waals surface area contributed by atoms with E-state index in [0.29, 0.717) is 17.8 Å². The molecular weight excluding hydrogens is 266 g/mol. The number of nitrogens with zero attached hydrogens (tertiary/aromatic N) is 4. The van der Waals surface area contributed by atoms with E-state index in [1.54, 1.807) is 0 Å². The Morgan fingerprint density at radius 3 is 2.79 bits per heavy atom. The molecule has 0 saturated heterocycles. The second-order valence-corrected chi connectivity index (χ2v) is 4.23. The van der Waals surface area contributed by atoms with Gasteiger partial charge in [-0.25, -0.2) is 4.98 Å². The Morgan fingerprint density at radius 1 is 1.21 bits per heavy atom. The molecule has 2 aromatic heterocycles. The van der Waals surface area contributed by atoms with Gasteiger partial charge in [0.1, 0.15) is 18.5 Å². The Labute approximate surface area is 113 Å². The van der Waals surface area contributed by atoms with E-state index >= 15 is 0 Å². The number of aromatic nitrogens is 4. The molecule has 96 valence electrons. The molecule has 0 atom stereocenters. The highest BCUT2D eigenvalue weighted by atomic mass is 35.5. The van der Waals surface area contributed by atoms with Gasteiger partial charge in [-0.1, -0.05) is 41.9 Å². The minimum atomic E-state index is 0.0857. The summed E-state index contributed by atoms with van der Waals surface area (Å²) in [7, 11) is 0. The van der Waals surface area contributed by atoms with Gasteiger partial charge >= 0.3 is 0 Å². The highest BCUT2D eigenvalue weighted by Gasteiger charge is 2.11. The summed E-state index contributed by atoms with van der Waals surface area (Å²) in [5, 5.41) is 0.213. The van der Waals surface area contributed by atoms with E-state index in [2.05, 4.69) is 15.0 Å². The standard InChI is InChI=1S/C12H10ClN5O/c13-10-9-11(17-12(14)16-10)18(7-15-9)19-6-8-4-2-1-3-5-8/h1-5,7H,6H2,(H2,14,16,17). The van der Waals surface area contributed by atoms with Crippen molar-refractivity contribution >= 4 is 28.7 Å². The number of hydrogen-bond donors (Lipinski definition) is 1. The van der Waals surface area contributed by atoms with E-state index in [1.807, 2.05) is 30.3 Å². The highest BCUT2D eigenvalue weighted by molar-refractivity contribution is 6.33. The lowest BCUT2D eigenvalue weighted by Gasteiger charge is -2.06. The Morgan fingerprint density at radius 2 is 2.00 bits per heavy atom. The van der Waals surface area contributed by atoms with Crippen LogP contribution in [0.4, 0.5) is 5.95 Å². The molecule has 0 aliphatic rings. The molecule has 19 heavy (non-hydrogen) atoms. The quantitative estimate of drug-likeness (QED) is 0.736. The third-order valence-corrected chi connectivity index (χ3v) is 2.82. The number of halogens is 1. The van der Waals surface area contributed by atoms with Crippen LogP contribution in [0.1, 0.15) is 5.56 Å². The van der Waals surface area contributed by atoms with Crippen LogP contribution in [0.25, 0.3) is 11.2 Å². The number of anilines is 1. The van der Waals surface area contributed by atoms with Crippen molar-refractivity contribution in [3.8, 4) is 0 Å². The maximum absolute atomic E-state index is 5.93. The number of imidazole rings is 1. The van der Waals surface area contributed by atoms with Gasteiger partial charge in [0.05, 0.1) is 0 Å². The Balaban J connectivity index is 1.89. The Kier molecular flexibility index (Phi) is 2.92. The van der Waals surface area contributed by atoms with Gasteiger partial charge in [-0.3, -0.25) is 0 Å². The van der Waals surface area contributed by atoms with Crippen LogP contribution >= 0.6 is 11.6 Å². The molecule has 0 spiro atoms. The van der Waals surface area contributed by atoms with Crippen molar-refractivity contribution < 1.29 is 4.84 Å². The van der Waals surface area contributed by atoms with E-state index in [0.717, 1.165) is 5.56 Å². The topological polar surface area (TPSA) is 78.8 Å². The van der Waals surface area contributed by atoms with Crippen molar-refractivity contribution in [3.05, 3.63) is 47.4 Å². The maximum Gasteiger partial charge on any atom is 0.223 e. The first-order chi connectivity index (χ1) is 9.24. The SMILES string of the molecule is Nc1nc(Cl)c2ncn(OCc3ccccc3)c2n1. The largest absolute Gasteiger partial charge is 0.406 e. The number of nitrogens with two attached hydrogens (primary N) is 1. The number of nitrogen functional groups attached to an aromatic ring is 1. The summed E-state index contributed by atoms with van der Waals surface area (Å²) in [5.74, 6) is 0.0857. The van der Waals surface area contributed by atoms with E-state index in [-0.39, 0.29) is 11.1 Å². The van der Waals surface area contributed by atoms with Crippen molar-refractivity contribution in [2.24, 2.45) is 0 Å². The van der Waals surface area contributed by atoms with Crippen LogP contribution in [0, 0.1) is 0 Å². The lowest BCUT2D eigenvalue weighted by Crippen LogP contribution is -2.11. The number of fused-ring (bicyclic) bond motifs is 1. The third-order valence-electron chi connectivity index (χ3n) is 2.55. The fourth-order valence-electron chi connectivity index (χ4n) is 1.67. The molecule has 1 aromatic carbocycles. The summed E-state index contributed by atoms with van der Waals surface area (Å²) in [5.41, 5.74) is 7.51. The number of benzene rings is 1. The van der Waals surface area contributed by atoms with E-state index in [9.17, 15) is 0 Å². The van der Waals surface area contributed by atoms with Gasteiger partial charge in [0.25, 0.3) is 0 Å². The molecule has 0 aliphatic carbocycles. The average Bonchev–Trinajstić information content (AvgIpc) is 2.81. The summed E-state index contributed by atoms with van der Waals surface area (Å²) in [6, 6.07) is 9.78. The molecule has 0 aliphatic heterocycles. The van der Waals surface area contributed by atoms with Crippen molar-refractivity contribution in [3.63, 3.8) is 0 Å². The molecule has 0 fully saturated rings. The molecule has 6 nitrogen and oxygen atoms in total. The zero-order valence-corrected chi connectivity index (χ0v) is 10.6. The van der Waals surface area contributed by atoms with Gasteiger partial charge in [-0.05, 0) is 5.56 Å². The first-order valence-corrected chi connectivity index (χ1v) is 5.95. The van der Waals surface area contributed by atoms with Crippen molar-refractivity contribution in [2.75, 3.05) is 5.73 Å². The van der Waals surface area contributed by atoms with Gasteiger partial charge in [0.15, 0.2) is 5.15 Å². The lowest BCUT2D eigenvalue weighted by atomic mass is 10.2. The summed E-state index contributed by atoms with van der Waals surface area (Å²) < 4.78 is 1.44. The molecule has 0 radical (unpaired) electrons. The number of hydrogen-bond acceptors (Lipinski definition) is 5. The summed E-state index contributed by atoms with van der Waals surface area (Å²) in [6.45, 7) is 0.397. The monoisotopic (exact) mass is 275 g/mol. The zero-order chi connectivity index (χ0) is 13.2. The van der Waals surface area contributed by atoms with Gasteiger partial charge in [-0.2, -0.15) is 14.7 Å². The first kappa shape index (κ1) is 11.7. The van der Waals surface area contributed by atoms with Crippen molar-refractivity contribution in [1.82, 2.24) is 19.7 Å². The van der Waals surface area contributed by atoms with Crippen molar-refractivity contribution in [2.45, 2.75) is 6.61 Å². The van der Waals surface area contributed by atoms with Crippen LogP contribution in [-0.4, -0.2) is 19.7 Å². The molecule has 2 N–H and O–H groups in total. The molecule has 0 bridgehead atoms. The molecule has 3 aromatic rings. The van der Waals surface area contributed by atoms with Gasteiger partial charge in [-0.15, -0.1) is 0 Å². The van der Waals surface area contributed by atoms with Crippen molar-refractivity contribution in [1.29, 1.82) is 0 Å². The lowest BCUT2D eigenvalue weighted by molar-refractivity contribution is 0.105. The second kappa shape index (κ2) is 4.74. The summed E-state index contributed by atoms with van der Waals surface area (Å²) in [6.07, 6.45) is 1.49. The van der Waals surface area contributed by atoms with Gasteiger partial charge in [0.2, 0.25) is 11.6 Å². The summed E-state index contributed by atoms with van der Waals surface area (Å²) in [4.78, 5) is 17.6.